The van der Waals surface area contributed by atoms with Crippen molar-refractivity contribution in [1.29, 1.82) is 0 Å². The van der Waals surface area contributed by atoms with Crippen LogP contribution in [0, 0.1) is 10.8 Å². The summed E-state index contributed by atoms with van der Waals surface area (Å²) in [6.07, 6.45) is 3.74. The lowest BCUT2D eigenvalue weighted by Gasteiger charge is -2.72. The second kappa shape index (κ2) is 6.46. The maximum Gasteiger partial charge on any atom is 0.115 e. The Morgan fingerprint density at radius 1 is 0.929 bits per heavy atom. The molecule has 0 bridgehead atoms. The minimum atomic E-state index is -0.946. The number of hydrogen-bond acceptors (Lipinski definition) is 5. The molecule has 28 heavy (non-hydrogen) atoms. The molecule has 1 aromatic carbocycles. The van der Waals surface area contributed by atoms with Gasteiger partial charge in [0.2, 0.25) is 0 Å². The molecular weight excluding hydrogens is 350 g/mol. The molecule has 1 saturated heterocycles. The van der Waals surface area contributed by atoms with Gasteiger partial charge in [0.05, 0.1) is 11.9 Å². The van der Waals surface area contributed by atoms with Crippen LogP contribution < -0.4 is 4.90 Å². The third-order valence-corrected chi connectivity index (χ3v) is 7.21. The summed E-state index contributed by atoms with van der Waals surface area (Å²) in [5.41, 5.74) is 0.507. The Morgan fingerprint density at radius 3 is 2.07 bits per heavy atom. The first-order valence-corrected chi connectivity index (χ1v) is 10.1. The van der Waals surface area contributed by atoms with Crippen molar-refractivity contribution in [3.05, 3.63) is 54.4 Å². The van der Waals surface area contributed by atoms with Crippen LogP contribution in [0.15, 0.2) is 48.8 Å². The van der Waals surface area contributed by atoms with Crippen LogP contribution in [0.3, 0.4) is 0 Å². The van der Waals surface area contributed by atoms with Gasteiger partial charge in [-0.25, -0.2) is 0 Å². The molecule has 2 aliphatic rings. The van der Waals surface area contributed by atoms with Crippen LogP contribution in [-0.4, -0.2) is 52.3 Å². The van der Waals surface area contributed by atoms with Crippen molar-refractivity contribution in [3.63, 3.8) is 0 Å². The third kappa shape index (κ3) is 2.56. The van der Waals surface area contributed by atoms with E-state index in [2.05, 4.69) is 48.5 Å². The van der Waals surface area contributed by atoms with Gasteiger partial charge in [0.25, 0.3) is 0 Å². The highest BCUT2D eigenvalue weighted by Crippen LogP contribution is 2.68. The van der Waals surface area contributed by atoms with E-state index in [1.54, 1.807) is 12.1 Å². The van der Waals surface area contributed by atoms with E-state index in [9.17, 15) is 10.2 Å². The van der Waals surface area contributed by atoms with Gasteiger partial charge in [-0.15, -0.1) is 0 Å². The first-order chi connectivity index (χ1) is 13.2. The summed E-state index contributed by atoms with van der Waals surface area (Å²) >= 11 is 0. The summed E-state index contributed by atoms with van der Waals surface area (Å²) in [6.45, 7) is 12.5. The van der Waals surface area contributed by atoms with E-state index in [0.717, 1.165) is 31.7 Å². The number of aromatic nitrogens is 1. The van der Waals surface area contributed by atoms with E-state index >= 15 is 0 Å². The average molecular weight is 382 g/mol. The summed E-state index contributed by atoms with van der Waals surface area (Å²) in [5.74, 6) is 0.227. The number of piperazine rings is 1. The highest BCUT2D eigenvalue weighted by atomic mass is 16.3. The lowest BCUT2D eigenvalue weighted by molar-refractivity contribution is -0.307. The second-order valence-electron chi connectivity index (χ2n) is 9.34. The van der Waals surface area contributed by atoms with Crippen LogP contribution in [0.2, 0.25) is 0 Å². The first kappa shape index (κ1) is 19.2. The van der Waals surface area contributed by atoms with Crippen molar-refractivity contribution < 1.29 is 10.2 Å². The zero-order valence-corrected chi connectivity index (χ0v) is 17.3. The van der Waals surface area contributed by atoms with Crippen LogP contribution in [0.5, 0.6) is 5.75 Å². The fourth-order valence-electron chi connectivity index (χ4n) is 6.19. The number of aliphatic hydroxyl groups is 1. The van der Waals surface area contributed by atoms with Crippen LogP contribution in [0.25, 0.3) is 0 Å². The summed E-state index contributed by atoms with van der Waals surface area (Å²) < 4.78 is 0. The Hall–Kier alpha value is -2.11. The lowest BCUT2D eigenvalue weighted by Crippen LogP contribution is -2.79. The number of phenols is 1. The standard InChI is InChI=1S/C23H31N3O2/c1-21(2)20(22(3,4)23(21,28)17-7-9-19(27)10-8-17)26-14-12-25(13-15-26)18-6-5-11-24-16-18/h5-11,16,20,27-28H,12-15H2,1-4H3. The van der Waals surface area contributed by atoms with Gasteiger partial charge >= 0.3 is 0 Å². The normalized spacial score (nSPS) is 29.3. The quantitative estimate of drug-likeness (QED) is 0.855. The monoisotopic (exact) mass is 381 g/mol. The van der Waals surface area contributed by atoms with E-state index in [1.165, 1.54) is 5.69 Å². The molecule has 1 aliphatic carbocycles. The van der Waals surface area contributed by atoms with Gasteiger partial charge in [0, 0.05) is 49.2 Å². The van der Waals surface area contributed by atoms with Crippen LogP contribution in [0.4, 0.5) is 5.69 Å². The summed E-state index contributed by atoms with van der Waals surface area (Å²) in [6, 6.07) is 11.4. The molecule has 4 rings (SSSR count). The molecule has 2 heterocycles. The van der Waals surface area contributed by atoms with E-state index in [0.29, 0.717) is 0 Å². The molecule has 1 saturated carbocycles. The van der Waals surface area contributed by atoms with Gasteiger partial charge in [-0.1, -0.05) is 39.8 Å². The molecule has 0 atom stereocenters. The smallest absolute Gasteiger partial charge is 0.115 e. The maximum atomic E-state index is 11.8. The molecule has 0 radical (unpaired) electrons. The van der Waals surface area contributed by atoms with Crippen molar-refractivity contribution in [1.82, 2.24) is 9.88 Å². The first-order valence-electron chi connectivity index (χ1n) is 10.1. The van der Waals surface area contributed by atoms with Crippen LogP contribution in [0.1, 0.15) is 33.3 Å². The zero-order valence-electron chi connectivity index (χ0n) is 17.3. The number of aromatic hydroxyl groups is 1. The molecule has 150 valence electrons. The summed E-state index contributed by atoms with van der Waals surface area (Å²) in [5, 5.41) is 21.5. The fraction of sp³-hybridized carbons (Fsp3) is 0.522. The van der Waals surface area contributed by atoms with E-state index < -0.39 is 5.60 Å². The summed E-state index contributed by atoms with van der Waals surface area (Å²) in [4.78, 5) is 9.17. The van der Waals surface area contributed by atoms with Crippen LogP contribution in [-0.2, 0) is 5.60 Å². The van der Waals surface area contributed by atoms with E-state index in [-0.39, 0.29) is 22.6 Å². The van der Waals surface area contributed by atoms with E-state index in [1.807, 2.05) is 30.6 Å². The van der Waals surface area contributed by atoms with Gasteiger partial charge in [-0.3, -0.25) is 9.88 Å². The molecule has 2 N–H and O–H groups in total. The largest absolute Gasteiger partial charge is 0.508 e. The van der Waals surface area contributed by atoms with E-state index in [4.69, 9.17) is 0 Å². The molecule has 2 aromatic rings. The second-order valence-corrected chi connectivity index (χ2v) is 9.34. The molecule has 1 aliphatic heterocycles. The molecule has 1 aromatic heterocycles. The maximum absolute atomic E-state index is 11.8. The predicted octanol–water partition coefficient (Wildman–Crippen LogP) is 3.23. The van der Waals surface area contributed by atoms with Crippen molar-refractivity contribution in [3.8, 4) is 5.75 Å². The fourth-order valence-corrected chi connectivity index (χ4v) is 6.19. The number of rotatable bonds is 3. The Bertz CT molecular complexity index is 809. The van der Waals surface area contributed by atoms with Gasteiger partial charge in [0.15, 0.2) is 0 Å². The zero-order chi connectivity index (χ0) is 20.2. The molecule has 0 unspecified atom stereocenters. The Labute approximate surface area is 167 Å². The van der Waals surface area contributed by atoms with Crippen LogP contribution >= 0.6 is 0 Å². The number of anilines is 1. The third-order valence-electron chi connectivity index (χ3n) is 7.21. The van der Waals surface area contributed by atoms with Crippen molar-refractivity contribution in [2.45, 2.75) is 39.3 Å². The number of pyridine rings is 1. The Balaban J connectivity index is 1.54. The average Bonchev–Trinajstić information content (AvgIpc) is 2.68. The number of phenolic OH excluding ortho intramolecular Hbond substituents is 1. The highest BCUT2D eigenvalue weighted by Gasteiger charge is 2.73. The number of benzene rings is 1. The summed E-state index contributed by atoms with van der Waals surface area (Å²) in [7, 11) is 0. The topological polar surface area (TPSA) is 59.8 Å². The highest BCUT2D eigenvalue weighted by molar-refractivity contribution is 5.44. The Morgan fingerprint density at radius 2 is 1.54 bits per heavy atom. The van der Waals surface area contributed by atoms with Crippen molar-refractivity contribution in [2.24, 2.45) is 10.8 Å². The van der Waals surface area contributed by atoms with Gasteiger partial charge in [0.1, 0.15) is 11.4 Å². The molecule has 0 spiro atoms. The van der Waals surface area contributed by atoms with Crippen molar-refractivity contribution >= 4 is 5.69 Å². The minimum Gasteiger partial charge on any atom is -0.508 e. The minimum absolute atomic E-state index is 0.227. The van der Waals surface area contributed by atoms with Gasteiger partial charge in [-0.05, 0) is 29.8 Å². The molecule has 5 nitrogen and oxygen atoms in total. The molecule has 2 fully saturated rings. The molecular formula is C23H31N3O2. The van der Waals surface area contributed by atoms with Gasteiger partial charge in [-0.2, -0.15) is 0 Å². The number of hydrogen-bond donors (Lipinski definition) is 2. The predicted molar refractivity (Wildman–Crippen MR) is 111 cm³/mol. The van der Waals surface area contributed by atoms with Crippen molar-refractivity contribution in [2.75, 3.05) is 31.1 Å². The molecule has 5 heteroatoms. The SMILES string of the molecule is CC1(C)C(N2CCN(c3cccnc3)CC2)C(C)(C)C1(O)c1ccc(O)cc1. The van der Waals surface area contributed by atoms with Gasteiger partial charge < -0.3 is 15.1 Å². The number of nitrogens with zero attached hydrogens (tertiary/aromatic N) is 3. The Kier molecular flexibility index (Phi) is 4.43. The molecule has 0 amide bonds. The lowest BCUT2D eigenvalue weighted by atomic mass is 9.39.